The van der Waals surface area contributed by atoms with Crippen LogP contribution in [0.4, 0.5) is 0 Å². The zero-order chi connectivity index (χ0) is 18.4. The summed E-state index contributed by atoms with van der Waals surface area (Å²) >= 11 is 0. The summed E-state index contributed by atoms with van der Waals surface area (Å²) in [6, 6.07) is 19.2. The molecule has 1 saturated heterocycles. The van der Waals surface area contributed by atoms with E-state index in [9.17, 15) is 9.59 Å². The van der Waals surface area contributed by atoms with Crippen LogP contribution in [0.5, 0.6) is 0 Å². The van der Waals surface area contributed by atoms with Crippen molar-refractivity contribution in [3.63, 3.8) is 0 Å². The fourth-order valence-electron chi connectivity index (χ4n) is 3.32. The molecule has 3 rings (SSSR count). The maximum atomic E-state index is 12.5. The van der Waals surface area contributed by atoms with Gasteiger partial charge in [-0.3, -0.25) is 9.59 Å². The molecule has 1 aliphatic rings. The minimum atomic E-state index is -0.118. The fraction of sp³-hybridized carbons (Fsp3) is 0.333. The van der Waals surface area contributed by atoms with Crippen molar-refractivity contribution in [3.8, 4) is 0 Å². The molecule has 5 heteroatoms. The molecule has 0 aromatic heterocycles. The number of amides is 2. The molecule has 1 aliphatic heterocycles. The fourth-order valence-corrected chi connectivity index (χ4v) is 3.32. The first-order valence-corrected chi connectivity index (χ1v) is 9.15. The summed E-state index contributed by atoms with van der Waals surface area (Å²) in [7, 11) is 0. The van der Waals surface area contributed by atoms with E-state index < -0.39 is 0 Å². The smallest absolute Gasteiger partial charge is 0.278 e. The summed E-state index contributed by atoms with van der Waals surface area (Å²) in [6.45, 7) is 5.45. The third kappa shape index (κ3) is 4.49. The molecule has 2 aromatic rings. The van der Waals surface area contributed by atoms with Gasteiger partial charge in [0.1, 0.15) is 0 Å². The summed E-state index contributed by atoms with van der Waals surface area (Å²) < 4.78 is 0. The molecule has 2 aromatic carbocycles. The Bertz CT molecular complexity index is 725. The third-order valence-corrected chi connectivity index (χ3v) is 5.03. The van der Waals surface area contributed by atoms with E-state index in [1.807, 2.05) is 72.5 Å². The molecule has 0 spiro atoms. The van der Waals surface area contributed by atoms with E-state index in [1.165, 1.54) is 4.90 Å². The Morgan fingerprint density at radius 3 is 2.19 bits per heavy atom. The van der Waals surface area contributed by atoms with Crippen molar-refractivity contribution in [1.29, 1.82) is 0 Å². The van der Waals surface area contributed by atoms with Crippen LogP contribution in [-0.2, 0) is 11.3 Å². The van der Waals surface area contributed by atoms with Crippen LogP contribution >= 0.6 is 0 Å². The van der Waals surface area contributed by atoms with Crippen LogP contribution in [0.15, 0.2) is 60.7 Å². The van der Waals surface area contributed by atoms with E-state index in [0.29, 0.717) is 19.6 Å². The number of rotatable bonds is 5. The number of carbonyl (C=O) groups is 2. The molecule has 2 amide bonds. The molecule has 1 heterocycles. The lowest BCUT2D eigenvalue weighted by molar-refractivity contribution is -0.917. The standard InChI is InChI=1S/C21H25N3O2/c1-17(20(25)22-16-18-8-4-2-5-9-18)23-12-14-24(15-13-23)21(26)19-10-6-3-7-11-19/h2-11,17H,12-16H2,1H3,(H,22,25)/p+1/t17-/m0/s1. The maximum absolute atomic E-state index is 12.5. The van der Waals surface area contributed by atoms with Gasteiger partial charge in [-0.05, 0) is 24.6 Å². The van der Waals surface area contributed by atoms with Gasteiger partial charge in [-0.2, -0.15) is 0 Å². The summed E-state index contributed by atoms with van der Waals surface area (Å²) in [5.41, 5.74) is 1.82. The van der Waals surface area contributed by atoms with E-state index in [-0.39, 0.29) is 17.9 Å². The van der Waals surface area contributed by atoms with E-state index >= 15 is 0 Å². The number of piperazine rings is 1. The summed E-state index contributed by atoms with van der Waals surface area (Å²) in [5, 5.41) is 3.02. The predicted octanol–water partition coefficient (Wildman–Crippen LogP) is 0.732. The second kappa shape index (κ2) is 8.63. The number of carbonyl (C=O) groups excluding carboxylic acids is 2. The Balaban J connectivity index is 1.48. The van der Waals surface area contributed by atoms with Crippen molar-refractivity contribution in [2.24, 2.45) is 0 Å². The number of benzene rings is 2. The lowest BCUT2D eigenvalue weighted by atomic mass is 10.1. The van der Waals surface area contributed by atoms with Crippen molar-refractivity contribution >= 4 is 11.8 Å². The Hall–Kier alpha value is -2.66. The molecule has 1 atom stereocenters. The highest BCUT2D eigenvalue weighted by atomic mass is 16.2. The second-order valence-electron chi connectivity index (χ2n) is 6.74. The molecule has 5 nitrogen and oxygen atoms in total. The normalized spacial score (nSPS) is 16.1. The van der Waals surface area contributed by atoms with Crippen molar-refractivity contribution < 1.29 is 14.5 Å². The molecule has 0 aliphatic carbocycles. The van der Waals surface area contributed by atoms with Crippen LogP contribution < -0.4 is 10.2 Å². The highest BCUT2D eigenvalue weighted by molar-refractivity contribution is 5.94. The molecule has 0 bridgehead atoms. The highest BCUT2D eigenvalue weighted by Gasteiger charge is 2.30. The van der Waals surface area contributed by atoms with Crippen molar-refractivity contribution in [3.05, 3.63) is 71.8 Å². The average Bonchev–Trinajstić information content (AvgIpc) is 2.72. The van der Waals surface area contributed by atoms with Gasteiger partial charge in [0.25, 0.3) is 11.8 Å². The SMILES string of the molecule is C[C@@H](C(=O)NCc1ccccc1)[NH+]1CCN(C(=O)c2ccccc2)CC1. The first kappa shape index (κ1) is 18.1. The van der Waals surface area contributed by atoms with Gasteiger partial charge in [-0.1, -0.05) is 48.5 Å². The quantitative estimate of drug-likeness (QED) is 0.834. The first-order valence-electron chi connectivity index (χ1n) is 9.15. The predicted molar refractivity (Wildman–Crippen MR) is 101 cm³/mol. The van der Waals surface area contributed by atoms with Gasteiger partial charge in [0.2, 0.25) is 0 Å². The molecule has 0 unspecified atom stereocenters. The van der Waals surface area contributed by atoms with Crippen molar-refractivity contribution in [2.45, 2.75) is 19.5 Å². The minimum absolute atomic E-state index is 0.0617. The van der Waals surface area contributed by atoms with E-state index in [2.05, 4.69) is 5.32 Å². The molecule has 0 radical (unpaired) electrons. The Morgan fingerprint density at radius 2 is 1.58 bits per heavy atom. The zero-order valence-corrected chi connectivity index (χ0v) is 15.2. The van der Waals surface area contributed by atoms with E-state index in [4.69, 9.17) is 0 Å². The molecule has 1 fully saturated rings. The molecular weight excluding hydrogens is 326 g/mol. The second-order valence-corrected chi connectivity index (χ2v) is 6.74. The van der Waals surface area contributed by atoms with Crippen LogP contribution in [0.25, 0.3) is 0 Å². The van der Waals surface area contributed by atoms with Crippen LogP contribution in [0.3, 0.4) is 0 Å². The third-order valence-electron chi connectivity index (χ3n) is 5.03. The topological polar surface area (TPSA) is 53.9 Å². The Morgan fingerprint density at radius 1 is 1.00 bits per heavy atom. The van der Waals surface area contributed by atoms with Crippen molar-refractivity contribution in [2.75, 3.05) is 26.2 Å². The lowest BCUT2D eigenvalue weighted by Gasteiger charge is -2.34. The average molecular weight is 352 g/mol. The van der Waals surface area contributed by atoms with Crippen LogP contribution in [0.1, 0.15) is 22.8 Å². The van der Waals surface area contributed by atoms with Gasteiger partial charge in [0, 0.05) is 12.1 Å². The Labute approximate surface area is 154 Å². The van der Waals surface area contributed by atoms with Gasteiger partial charge in [-0.25, -0.2) is 0 Å². The van der Waals surface area contributed by atoms with Gasteiger partial charge < -0.3 is 15.1 Å². The van der Waals surface area contributed by atoms with Crippen molar-refractivity contribution in [1.82, 2.24) is 10.2 Å². The van der Waals surface area contributed by atoms with E-state index in [1.54, 1.807) is 0 Å². The van der Waals surface area contributed by atoms with Crippen LogP contribution in [-0.4, -0.2) is 48.9 Å². The number of hydrogen-bond acceptors (Lipinski definition) is 2. The van der Waals surface area contributed by atoms with Gasteiger partial charge >= 0.3 is 0 Å². The number of hydrogen-bond donors (Lipinski definition) is 2. The zero-order valence-electron chi connectivity index (χ0n) is 15.2. The minimum Gasteiger partial charge on any atom is -0.347 e. The summed E-state index contributed by atoms with van der Waals surface area (Å²) in [6.07, 6.45) is 0. The molecule has 136 valence electrons. The molecule has 0 saturated carbocycles. The molecule has 26 heavy (non-hydrogen) atoms. The van der Waals surface area contributed by atoms with E-state index in [0.717, 1.165) is 24.2 Å². The van der Waals surface area contributed by atoms with Gasteiger partial charge in [0.15, 0.2) is 6.04 Å². The molecule has 2 N–H and O–H groups in total. The number of nitrogens with one attached hydrogen (secondary N) is 2. The monoisotopic (exact) mass is 352 g/mol. The van der Waals surface area contributed by atoms with Crippen LogP contribution in [0, 0.1) is 0 Å². The van der Waals surface area contributed by atoms with Crippen LogP contribution in [0.2, 0.25) is 0 Å². The maximum Gasteiger partial charge on any atom is 0.278 e. The summed E-state index contributed by atoms with van der Waals surface area (Å²) in [4.78, 5) is 28.1. The first-order chi connectivity index (χ1) is 12.6. The highest BCUT2D eigenvalue weighted by Crippen LogP contribution is 2.05. The number of quaternary nitrogens is 1. The lowest BCUT2D eigenvalue weighted by Crippen LogP contribution is -3.19. The van der Waals surface area contributed by atoms with Gasteiger partial charge in [-0.15, -0.1) is 0 Å². The van der Waals surface area contributed by atoms with Gasteiger partial charge in [0.05, 0.1) is 26.2 Å². The Kier molecular flexibility index (Phi) is 6.02. The molecular formula is C21H26N3O2+. The number of nitrogens with zero attached hydrogens (tertiary/aromatic N) is 1. The largest absolute Gasteiger partial charge is 0.347 e. The summed E-state index contributed by atoms with van der Waals surface area (Å²) in [5.74, 6) is 0.137.